The summed E-state index contributed by atoms with van der Waals surface area (Å²) >= 11 is 3.22. The third-order valence-corrected chi connectivity index (χ3v) is 4.79. The number of hydrogen-bond acceptors (Lipinski definition) is 4. The lowest BCUT2D eigenvalue weighted by Gasteiger charge is -2.07. The first-order valence-electron chi connectivity index (χ1n) is 5.43. The summed E-state index contributed by atoms with van der Waals surface area (Å²) in [6.45, 7) is 2.01. The fraction of sp³-hybridized carbons (Fsp3) is 0.182. The molecular formula is C11H13BrN4O2S. The van der Waals surface area contributed by atoms with Crippen LogP contribution in [0.4, 0.5) is 5.69 Å². The zero-order valence-electron chi connectivity index (χ0n) is 10.1. The van der Waals surface area contributed by atoms with Crippen LogP contribution in [0.3, 0.4) is 0 Å². The molecule has 6 nitrogen and oxygen atoms in total. The van der Waals surface area contributed by atoms with Crippen molar-refractivity contribution in [2.24, 2.45) is 0 Å². The second-order valence-corrected chi connectivity index (χ2v) is 6.65. The van der Waals surface area contributed by atoms with Crippen molar-refractivity contribution in [2.45, 2.75) is 18.4 Å². The summed E-state index contributed by atoms with van der Waals surface area (Å²) in [5.74, 6) is 0. The monoisotopic (exact) mass is 344 g/mol. The Labute approximate surface area is 119 Å². The van der Waals surface area contributed by atoms with E-state index in [1.165, 1.54) is 12.1 Å². The van der Waals surface area contributed by atoms with E-state index in [0.717, 1.165) is 11.3 Å². The van der Waals surface area contributed by atoms with Crippen molar-refractivity contribution in [3.8, 4) is 0 Å². The number of aromatic amines is 1. The number of nitrogens with zero attached hydrogens (tertiary/aromatic N) is 1. The Bertz CT molecular complexity index is 696. The van der Waals surface area contributed by atoms with Crippen molar-refractivity contribution >= 4 is 31.6 Å². The number of benzene rings is 1. The van der Waals surface area contributed by atoms with E-state index < -0.39 is 10.0 Å². The van der Waals surface area contributed by atoms with Gasteiger partial charge < -0.3 is 5.73 Å². The summed E-state index contributed by atoms with van der Waals surface area (Å²) in [7, 11) is -3.58. The lowest BCUT2D eigenvalue weighted by molar-refractivity contribution is 0.581. The highest BCUT2D eigenvalue weighted by Crippen LogP contribution is 2.22. The van der Waals surface area contributed by atoms with E-state index in [-0.39, 0.29) is 11.4 Å². The number of nitrogens with one attached hydrogen (secondary N) is 2. The molecule has 2 rings (SSSR count). The van der Waals surface area contributed by atoms with Gasteiger partial charge in [-0.25, -0.2) is 13.1 Å². The summed E-state index contributed by atoms with van der Waals surface area (Å²) in [6, 6.07) is 4.51. The molecule has 0 saturated carbocycles. The van der Waals surface area contributed by atoms with E-state index in [0.29, 0.717) is 10.2 Å². The Morgan fingerprint density at radius 1 is 1.47 bits per heavy atom. The summed E-state index contributed by atoms with van der Waals surface area (Å²) in [5, 5.41) is 6.59. The zero-order valence-corrected chi connectivity index (χ0v) is 12.5. The summed E-state index contributed by atoms with van der Waals surface area (Å²) < 4.78 is 27.3. The van der Waals surface area contributed by atoms with Crippen molar-refractivity contribution in [2.75, 3.05) is 5.73 Å². The normalized spacial score (nSPS) is 11.7. The summed E-state index contributed by atoms with van der Waals surface area (Å²) in [6.07, 6.45) is 1.59. The minimum Gasteiger partial charge on any atom is -0.398 e. The maximum atomic E-state index is 12.1. The molecule has 1 heterocycles. The molecule has 102 valence electrons. The molecule has 0 aliphatic heterocycles. The average Bonchev–Trinajstić information content (AvgIpc) is 2.76. The van der Waals surface area contributed by atoms with E-state index >= 15 is 0 Å². The van der Waals surface area contributed by atoms with E-state index in [1.807, 2.05) is 6.92 Å². The highest BCUT2D eigenvalue weighted by Gasteiger charge is 2.15. The zero-order chi connectivity index (χ0) is 14.0. The lowest BCUT2D eigenvalue weighted by atomic mass is 10.3. The van der Waals surface area contributed by atoms with Crippen LogP contribution in [0.25, 0.3) is 0 Å². The van der Waals surface area contributed by atoms with Crippen LogP contribution >= 0.6 is 15.9 Å². The molecule has 2 aromatic rings. The standard InChI is InChI=1S/C11H13BrN4O2S/c1-7-8(5-14-16-7)6-15-19(17,18)9-2-3-10(12)11(13)4-9/h2-5,15H,6,13H2,1H3,(H,14,16). The quantitative estimate of drug-likeness (QED) is 0.732. The fourth-order valence-corrected chi connectivity index (χ4v) is 2.79. The van der Waals surface area contributed by atoms with Gasteiger partial charge in [-0.2, -0.15) is 5.10 Å². The molecule has 1 aromatic heterocycles. The summed E-state index contributed by atoms with van der Waals surface area (Å²) in [5.41, 5.74) is 7.69. The minimum absolute atomic E-state index is 0.134. The van der Waals surface area contributed by atoms with Gasteiger partial charge in [0.2, 0.25) is 10.0 Å². The molecule has 0 radical (unpaired) electrons. The van der Waals surface area contributed by atoms with Gasteiger partial charge in [-0.1, -0.05) is 0 Å². The maximum Gasteiger partial charge on any atom is 0.240 e. The highest BCUT2D eigenvalue weighted by molar-refractivity contribution is 9.10. The van der Waals surface area contributed by atoms with Crippen LogP contribution in [0.15, 0.2) is 33.8 Å². The molecule has 4 N–H and O–H groups in total. The lowest BCUT2D eigenvalue weighted by Crippen LogP contribution is -2.23. The number of halogens is 1. The van der Waals surface area contributed by atoms with E-state index in [1.54, 1.807) is 12.3 Å². The number of hydrogen-bond donors (Lipinski definition) is 3. The van der Waals surface area contributed by atoms with E-state index in [9.17, 15) is 8.42 Å². The van der Waals surface area contributed by atoms with E-state index in [4.69, 9.17) is 5.73 Å². The topological polar surface area (TPSA) is 101 Å². The van der Waals surface area contributed by atoms with Crippen LogP contribution in [0, 0.1) is 6.92 Å². The Morgan fingerprint density at radius 3 is 2.79 bits per heavy atom. The molecule has 0 saturated heterocycles. The largest absolute Gasteiger partial charge is 0.398 e. The molecule has 0 atom stereocenters. The molecule has 19 heavy (non-hydrogen) atoms. The first-order chi connectivity index (χ1) is 8.90. The number of anilines is 1. The third-order valence-electron chi connectivity index (χ3n) is 2.66. The van der Waals surface area contributed by atoms with Crippen LogP contribution in [0.1, 0.15) is 11.3 Å². The molecule has 0 unspecified atom stereocenters. The van der Waals surface area contributed by atoms with Crippen molar-refractivity contribution in [3.63, 3.8) is 0 Å². The number of nitrogen functional groups attached to an aromatic ring is 1. The van der Waals surface area contributed by atoms with Gasteiger partial charge in [0.15, 0.2) is 0 Å². The van der Waals surface area contributed by atoms with Crippen LogP contribution in [0.5, 0.6) is 0 Å². The first-order valence-corrected chi connectivity index (χ1v) is 7.71. The SMILES string of the molecule is Cc1[nH]ncc1CNS(=O)(=O)c1ccc(Br)c(N)c1. The van der Waals surface area contributed by atoms with Crippen LogP contribution < -0.4 is 10.5 Å². The van der Waals surface area contributed by atoms with Gasteiger partial charge in [-0.05, 0) is 41.1 Å². The Balaban J connectivity index is 2.18. The molecular weight excluding hydrogens is 332 g/mol. The Morgan fingerprint density at radius 2 is 2.21 bits per heavy atom. The third kappa shape index (κ3) is 3.14. The summed E-state index contributed by atoms with van der Waals surface area (Å²) in [4.78, 5) is 0.134. The molecule has 0 amide bonds. The minimum atomic E-state index is -3.58. The van der Waals surface area contributed by atoms with E-state index in [2.05, 4.69) is 30.8 Å². The molecule has 0 fully saturated rings. The average molecular weight is 345 g/mol. The van der Waals surface area contributed by atoms with Crippen LogP contribution in [-0.2, 0) is 16.6 Å². The van der Waals surface area contributed by atoms with Gasteiger partial charge in [0, 0.05) is 28.0 Å². The second-order valence-electron chi connectivity index (χ2n) is 4.03. The maximum absolute atomic E-state index is 12.1. The number of aromatic nitrogens is 2. The van der Waals surface area contributed by atoms with Crippen LogP contribution in [-0.4, -0.2) is 18.6 Å². The van der Waals surface area contributed by atoms with Gasteiger partial charge in [0.25, 0.3) is 0 Å². The second kappa shape index (κ2) is 5.32. The number of nitrogens with two attached hydrogens (primary N) is 1. The Kier molecular flexibility index (Phi) is 3.93. The predicted molar refractivity (Wildman–Crippen MR) is 75.9 cm³/mol. The van der Waals surface area contributed by atoms with Gasteiger partial charge >= 0.3 is 0 Å². The molecule has 0 aliphatic rings. The van der Waals surface area contributed by atoms with Gasteiger partial charge in [-0.3, -0.25) is 5.10 Å². The Hall–Kier alpha value is -1.38. The first kappa shape index (κ1) is 14.0. The van der Waals surface area contributed by atoms with Gasteiger partial charge in [0.1, 0.15) is 0 Å². The number of rotatable bonds is 4. The highest BCUT2D eigenvalue weighted by atomic mass is 79.9. The van der Waals surface area contributed by atoms with Crippen LogP contribution in [0.2, 0.25) is 0 Å². The number of H-pyrrole nitrogens is 1. The molecule has 1 aromatic carbocycles. The van der Waals surface area contributed by atoms with Gasteiger partial charge in [-0.15, -0.1) is 0 Å². The van der Waals surface area contributed by atoms with Crippen molar-refractivity contribution in [3.05, 3.63) is 40.1 Å². The fourth-order valence-electron chi connectivity index (χ4n) is 1.50. The number of aryl methyl sites for hydroxylation is 1. The van der Waals surface area contributed by atoms with Crippen molar-refractivity contribution < 1.29 is 8.42 Å². The molecule has 0 aliphatic carbocycles. The molecule has 0 bridgehead atoms. The predicted octanol–water partition coefficient (Wildman–Crippen LogP) is 1.54. The number of sulfonamides is 1. The molecule has 8 heteroatoms. The van der Waals surface area contributed by atoms with Crippen molar-refractivity contribution in [1.82, 2.24) is 14.9 Å². The van der Waals surface area contributed by atoms with Gasteiger partial charge in [0.05, 0.1) is 11.1 Å². The van der Waals surface area contributed by atoms with Crippen molar-refractivity contribution in [1.29, 1.82) is 0 Å². The molecule has 0 spiro atoms. The smallest absolute Gasteiger partial charge is 0.240 e.